The Balaban J connectivity index is 1.71. The highest BCUT2D eigenvalue weighted by Gasteiger charge is 2.15. The first-order valence-corrected chi connectivity index (χ1v) is 6.59. The van der Waals surface area contributed by atoms with Gasteiger partial charge in [-0.15, -0.1) is 0 Å². The molecule has 3 rings (SSSR count). The van der Waals surface area contributed by atoms with Gasteiger partial charge in [0.15, 0.2) is 11.5 Å². The van der Waals surface area contributed by atoms with Crippen LogP contribution in [0.5, 0.6) is 11.5 Å². The van der Waals surface area contributed by atoms with Crippen LogP contribution >= 0.6 is 0 Å². The number of ether oxygens (including phenoxy) is 2. The van der Waals surface area contributed by atoms with Gasteiger partial charge in [0, 0.05) is 18.3 Å². The van der Waals surface area contributed by atoms with Crippen molar-refractivity contribution in [2.75, 3.05) is 12.1 Å². The molecule has 0 saturated heterocycles. The number of hydrogen-bond acceptors (Lipinski definition) is 4. The van der Waals surface area contributed by atoms with E-state index in [0.717, 1.165) is 34.9 Å². The summed E-state index contributed by atoms with van der Waals surface area (Å²) in [6.45, 7) is 3.14. The van der Waals surface area contributed by atoms with E-state index in [1.54, 1.807) is 0 Å². The molecule has 20 heavy (non-hydrogen) atoms. The van der Waals surface area contributed by atoms with E-state index in [1.807, 2.05) is 43.3 Å². The summed E-state index contributed by atoms with van der Waals surface area (Å²) in [7, 11) is 0. The van der Waals surface area contributed by atoms with E-state index < -0.39 is 0 Å². The second-order valence-electron chi connectivity index (χ2n) is 4.85. The van der Waals surface area contributed by atoms with Crippen molar-refractivity contribution in [3.63, 3.8) is 0 Å². The molecule has 1 aliphatic heterocycles. The van der Waals surface area contributed by atoms with Gasteiger partial charge < -0.3 is 19.9 Å². The van der Waals surface area contributed by atoms with Gasteiger partial charge in [-0.3, -0.25) is 0 Å². The van der Waals surface area contributed by atoms with Gasteiger partial charge in [0.2, 0.25) is 6.79 Å². The second-order valence-corrected chi connectivity index (χ2v) is 4.85. The summed E-state index contributed by atoms with van der Waals surface area (Å²) in [5.74, 6) is 1.59. The van der Waals surface area contributed by atoms with Crippen molar-refractivity contribution in [3.05, 3.63) is 53.1 Å². The molecular formula is C16H17NO3. The van der Waals surface area contributed by atoms with Gasteiger partial charge in [0.1, 0.15) is 0 Å². The Bertz CT molecular complexity index is 608. The first-order valence-electron chi connectivity index (χ1n) is 6.59. The first kappa shape index (κ1) is 12.8. The Kier molecular flexibility index (Phi) is 3.48. The fourth-order valence-electron chi connectivity index (χ4n) is 2.19. The van der Waals surface area contributed by atoms with Crippen molar-refractivity contribution >= 4 is 5.69 Å². The van der Waals surface area contributed by atoms with Gasteiger partial charge in [-0.25, -0.2) is 0 Å². The van der Waals surface area contributed by atoms with Crippen molar-refractivity contribution in [1.82, 2.24) is 0 Å². The van der Waals surface area contributed by atoms with Crippen molar-refractivity contribution in [2.45, 2.75) is 20.1 Å². The van der Waals surface area contributed by atoms with Crippen molar-refractivity contribution < 1.29 is 14.6 Å². The summed E-state index contributed by atoms with van der Waals surface area (Å²) in [5.41, 5.74) is 4.26. The van der Waals surface area contributed by atoms with Crippen LogP contribution in [0.15, 0.2) is 36.4 Å². The van der Waals surface area contributed by atoms with Crippen LogP contribution < -0.4 is 14.8 Å². The number of aryl methyl sites for hydroxylation is 1. The molecule has 2 N–H and O–H groups in total. The van der Waals surface area contributed by atoms with E-state index in [4.69, 9.17) is 14.6 Å². The number of nitrogens with one attached hydrogen (secondary N) is 1. The molecule has 0 aromatic heterocycles. The van der Waals surface area contributed by atoms with Crippen LogP contribution in [0.4, 0.5) is 5.69 Å². The molecule has 0 bridgehead atoms. The molecule has 2 aromatic carbocycles. The largest absolute Gasteiger partial charge is 0.454 e. The van der Waals surface area contributed by atoms with E-state index in [-0.39, 0.29) is 6.61 Å². The lowest BCUT2D eigenvalue weighted by molar-refractivity contribution is 0.174. The molecule has 0 saturated carbocycles. The molecule has 0 atom stereocenters. The third-order valence-electron chi connectivity index (χ3n) is 3.41. The van der Waals surface area contributed by atoms with Gasteiger partial charge in [-0.05, 0) is 29.7 Å². The van der Waals surface area contributed by atoms with Gasteiger partial charge >= 0.3 is 0 Å². The van der Waals surface area contributed by atoms with Gasteiger partial charge in [-0.2, -0.15) is 0 Å². The minimum Gasteiger partial charge on any atom is -0.454 e. The standard InChI is InChI=1S/C16H17NO3/c1-11-6-15-16(20-10-19-15)7-14(11)17-8-12-2-4-13(9-18)5-3-12/h2-7,17-18H,8-10H2,1H3. The lowest BCUT2D eigenvalue weighted by Crippen LogP contribution is -2.01. The molecule has 1 aliphatic rings. The summed E-state index contributed by atoms with van der Waals surface area (Å²) in [6.07, 6.45) is 0. The Hall–Kier alpha value is -2.20. The molecule has 104 valence electrons. The number of aliphatic hydroxyl groups excluding tert-OH is 1. The normalized spacial score (nSPS) is 12.5. The van der Waals surface area contributed by atoms with Crippen molar-refractivity contribution in [1.29, 1.82) is 0 Å². The summed E-state index contributed by atoms with van der Waals surface area (Å²) < 4.78 is 10.7. The molecular weight excluding hydrogens is 254 g/mol. The van der Waals surface area contributed by atoms with E-state index in [9.17, 15) is 0 Å². The average molecular weight is 271 g/mol. The number of benzene rings is 2. The third-order valence-corrected chi connectivity index (χ3v) is 3.41. The molecule has 0 unspecified atom stereocenters. The van der Waals surface area contributed by atoms with Crippen molar-refractivity contribution in [2.24, 2.45) is 0 Å². The summed E-state index contributed by atoms with van der Waals surface area (Å²) in [6, 6.07) is 11.9. The number of hydrogen-bond donors (Lipinski definition) is 2. The average Bonchev–Trinajstić information content (AvgIpc) is 2.92. The zero-order valence-corrected chi connectivity index (χ0v) is 11.3. The van der Waals surface area contributed by atoms with Gasteiger partial charge in [0.05, 0.1) is 6.61 Å². The molecule has 0 radical (unpaired) electrons. The molecule has 0 fully saturated rings. The SMILES string of the molecule is Cc1cc2c(cc1NCc1ccc(CO)cc1)OCO2. The quantitative estimate of drug-likeness (QED) is 0.897. The maximum Gasteiger partial charge on any atom is 0.231 e. The number of aliphatic hydroxyl groups is 1. The Morgan fingerprint density at radius 1 is 1.05 bits per heavy atom. The Labute approximate surface area is 118 Å². The summed E-state index contributed by atoms with van der Waals surface area (Å²) in [4.78, 5) is 0. The minimum atomic E-state index is 0.0784. The van der Waals surface area contributed by atoms with E-state index >= 15 is 0 Å². The van der Waals surface area contributed by atoms with E-state index in [2.05, 4.69) is 5.32 Å². The highest BCUT2D eigenvalue weighted by atomic mass is 16.7. The van der Waals surface area contributed by atoms with Crippen LogP contribution in [0.1, 0.15) is 16.7 Å². The molecule has 4 heteroatoms. The predicted molar refractivity (Wildman–Crippen MR) is 77.0 cm³/mol. The lowest BCUT2D eigenvalue weighted by Gasteiger charge is -2.11. The van der Waals surface area contributed by atoms with Crippen molar-refractivity contribution in [3.8, 4) is 11.5 Å². The summed E-state index contributed by atoms with van der Waals surface area (Å²) in [5, 5.41) is 12.4. The fraction of sp³-hybridized carbons (Fsp3) is 0.250. The minimum absolute atomic E-state index is 0.0784. The molecule has 0 aliphatic carbocycles. The maximum atomic E-state index is 9.02. The predicted octanol–water partition coefficient (Wildman–Crippen LogP) is 2.83. The van der Waals surface area contributed by atoms with E-state index in [0.29, 0.717) is 6.79 Å². The Morgan fingerprint density at radius 2 is 1.70 bits per heavy atom. The van der Waals surface area contributed by atoms with Crippen LogP contribution in [0.25, 0.3) is 0 Å². The number of anilines is 1. The fourth-order valence-corrected chi connectivity index (χ4v) is 2.19. The monoisotopic (exact) mass is 271 g/mol. The van der Waals surface area contributed by atoms with Crippen LogP contribution in [0, 0.1) is 6.92 Å². The number of fused-ring (bicyclic) bond motifs is 1. The molecule has 4 nitrogen and oxygen atoms in total. The van der Waals surface area contributed by atoms with Gasteiger partial charge in [-0.1, -0.05) is 24.3 Å². The smallest absolute Gasteiger partial charge is 0.231 e. The van der Waals surface area contributed by atoms with Crippen LogP contribution in [-0.2, 0) is 13.2 Å². The molecule has 2 aromatic rings. The summed E-state index contributed by atoms with van der Waals surface area (Å²) >= 11 is 0. The van der Waals surface area contributed by atoms with E-state index in [1.165, 1.54) is 5.56 Å². The second kappa shape index (κ2) is 5.43. The maximum absolute atomic E-state index is 9.02. The molecule has 1 heterocycles. The molecule has 0 spiro atoms. The third kappa shape index (κ3) is 2.56. The number of rotatable bonds is 4. The first-order chi connectivity index (χ1) is 9.76. The van der Waals surface area contributed by atoms with Gasteiger partial charge in [0.25, 0.3) is 0 Å². The highest BCUT2D eigenvalue weighted by molar-refractivity contribution is 5.60. The Morgan fingerprint density at radius 3 is 2.40 bits per heavy atom. The zero-order chi connectivity index (χ0) is 13.9. The molecule has 0 amide bonds. The topological polar surface area (TPSA) is 50.7 Å². The zero-order valence-electron chi connectivity index (χ0n) is 11.3. The highest BCUT2D eigenvalue weighted by Crippen LogP contribution is 2.36. The van der Waals surface area contributed by atoms with Crippen LogP contribution in [-0.4, -0.2) is 11.9 Å². The van der Waals surface area contributed by atoms with Crippen LogP contribution in [0.2, 0.25) is 0 Å². The lowest BCUT2D eigenvalue weighted by atomic mass is 10.1. The van der Waals surface area contributed by atoms with Crippen LogP contribution in [0.3, 0.4) is 0 Å².